The number of ether oxygens (including phenoxy) is 1. The van der Waals surface area contributed by atoms with Crippen LogP contribution in [0.5, 0.6) is 5.75 Å². The molecule has 0 saturated heterocycles. The molecule has 0 fully saturated rings. The Morgan fingerprint density at radius 3 is 2.90 bits per heavy atom. The molecule has 0 unspecified atom stereocenters. The number of nitrogens with one attached hydrogen (secondary N) is 2. The van der Waals surface area contributed by atoms with Gasteiger partial charge in [-0.25, -0.2) is 0 Å². The Kier molecular flexibility index (Phi) is 6.05. The van der Waals surface area contributed by atoms with Gasteiger partial charge in [-0.3, -0.25) is 9.78 Å². The Labute approximate surface area is 170 Å². The first-order valence-electron chi connectivity index (χ1n) is 10.1. The third kappa shape index (κ3) is 4.74. The zero-order valence-electron chi connectivity index (χ0n) is 16.4. The van der Waals surface area contributed by atoms with Crippen LogP contribution in [0.15, 0.2) is 67.0 Å². The van der Waals surface area contributed by atoms with Gasteiger partial charge in [-0.1, -0.05) is 36.4 Å². The van der Waals surface area contributed by atoms with E-state index in [1.807, 2.05) is 48.7 Å². The summed E-state index contributed by atoms with van der Waals surface area (Å²) in [5, 5.41) is 5.29. The zero-order chi connectivity index (χ0) is 19.9. The highest BCUT2D eigenvalue weighted by atomic mass is 16.5. The molecule has 29 heavy (non-hydrogen) atoms. The van der Waals surface area contributed by atoms with E-state index in [0.29, 0.717) is 19.6 Å². The van der Waals surface area contributed by atoms with Crippen molar-refractivity contribution in [3.8, 4) is 5.75 Å². The molecular formula is C24H25N3O2. The van der Waals surface area contributed by atoms with Gasteiger partial charge in [0.2, 0.25) is 5.91 Å². The van der Waals surface area contributed by atoms with Crippen molar-refractivity contribution in [1.29, 1.82) is 0 Å². The summed E-state index contributed by atoms with van der Waals surface area (Å²) >= 11 is 0. The molecule has 0 bridgehead atoms. The molecule has 1 amide bonds. The van der Waals surface area contributed by atoms with Crippen LogP contribution < -0.4 is 10.1 Å². The number of benzene rings is 2. The number of aryl methyl sites for hydroxylation is 1. The molecule has 5 nitrogen and oxygen atoms in total. The van der Waals surface area contributed by atoms with Crippen LogP contribution in [0.3, 0.4) is 0 Å². The van der Waals surface area contributed by atoms with Crippen molar-refractivity contribution in [2.45, 2.75) is 25.7 Å². The SMILES string of the molecule is O=C(CCCc1c[nH]c2ccccc12)NCCCOc1cccc2cccnc12. The first-order valence-corrected chi connectivity index (χ1v) is 10.1. The molecule has 0 aliphatic heterocycles. The summed E-state index contributed by atoms with van der Waals surface area (Å²) in [5.41, 5.74) is 3.29. The molecule has 0 atom stereocenters. The smallest absolute Gasteiger partial charge is 0.220 e. The van der Waals surface area contributed by atoms with Crippen LogP contribution in [0.2, 0.25) is 0 Å². The van der Waals surface area contributed by atoms with E-state index in [4.69, 9.17) is 4.74 Å². The van der Waals surface area contributed by atoms with Gasteiger partial charge in [0.25, 0.3) is 0 Å². The van der Waals surface area contributed by atoms with E-state index >= 15 is 0 Å². The second-order valence-electron chi connectivity index (χ2n) is 7.10. The number of rotatable bonds is 9. The molecule has 0 radical (unpaired) electrons. The highest BCUT2D eigenvalue weighted by Gasteiger charge is 2.06. The number of aromatic nitrogens is 2. The van der Waals surface area contributed by atoms with Crippen molar-refractivity contribution in [1.82, 2.24) is 15.3 Å². The monoisotopic (exact) mass is 387 g/mol. The van der Waals surface area contributed by atoms with E-state index in [2.05, 4.69) is 27.4 Å². The molecule has 0 spiro atoms. The van der Waals surface area contributed by atoms with Crippen molar-refractivity contribution in [2.75, 3.05) is 13.2 Å². The maximum absolute atomic E-state index is 12.1. The third-order valence-corrected chi connectivity index (χ3v) is 5.02. The minimum Gasteiger partial charge on any atom is -0.491 e. The lowest BCUT2D eigenvalue weighted by Crippen LogP contribution is -2.25. The third-order valence-electron chi connectivity index (χ3n) is 5.02. The van der Waals surface area contributed by atoms with Gasteiger partial charge >= 0.3 is 0 Å². The average Bonchev–Trinajstić information content (AvgIpc) is 3.17. The van der Waals surface area contributed by atoms with E-state index in [9.17, 15) is 4.79 Å². The van der Waals surface area contributed by atoms with Crippen LogP contribution in [0, 0.1) is 0 Å². The molecule has 0 aliphatic carbocycles. The lowest BCUT2D eigenvalue weighted by atomic mass is 10.1. The number of para-hydroxylation sites is 2. The standard InChI is InChI=1S/C24H25N3O2/c28-23(13-4-8-19-17-27-21-11-2-1-10-20(19)21)25-15-6-16-29-22-12-3-7-18-9-5-14-26-24(18)22/h1-3,5,7,9-12,14,17,27H,4,6,8,13,15-16H2,(H,25,28). The molecule has 5 heteroatoms. The van der Waals surface area contributed by atoms with Gasteiger partial charge < -0.3 is 15.0 Å². The fraction of sp³-hybridized carbons (Fsp3) is 0.250. The zero-order valence-corrected chi connectivity index (χ0v) is 16.4. The summed E-state index contributed by atoms with van der Waals surface area (Å²) < 4.78 is 5.85. The Balaban J connectivity index is 1.15. The van der Waals surface area contributed by atoms with E-state index in [-0.39, 0.29) is 5.91 Å². The fourth-order valence-corrected chi connectivity index (χ4v) is 3.54. The molecule has 148 valence electrons. The summed E-state index contributed by atoms with van der Waals surface area (Å²) in [6, 6.07) is 18.1. The number of carbonyl (C=O) groups is 1. The lowest BCUT2D eigenvalue weighted by molar-refractivity contribution is -0.121. The molecule has 0 aliphatic rings. The van der Waals surface area contributed by atoms with Crippen LogP contribution >= 0.6 is 0 Å². The van der Waals surface area contributed by atoms with Gasteiger partial charge in [-0.15, -0.1) is 0 Å². The topological polar surface area (TPSA) is 67.0 Å². The minimum absolute atomic E-state index is 0.0941. The Morgan fingerprint density at radius 2 is 1.93 bits per heavy atom. The van der Waals surface area contributed by atoms with Gasteiger partial charge in [0.15, 0.2) is 0 Å². The van der Waals surface area contributed by atoms with Crippen LogP contribution in [-0.4, -0.2) is 29.0 Å². The number of hydrogen-bond donors (Lipinski definition) is 2. The van der Waals surface area contributed by atoms with E-state index < -0.39 is 0 Å². The summed E-state index contributed by atoms with van der Waals surface area (Å²) in [4.78, 5) is 19.7. The molecule has 2 heterocycles. The van der Waals surface area contributed by atoms with E-state index in [0.717, 1.165) is 41.4 Å². The maximum Gasteiger partial charge on any atom is 0.220 e. The first-order chi connectivity index (χ1) is 14.3. The Hall–Kier alpha value is -3.34. The molecule has 2 aromatic heterocycles. The summed E-state index contributed by atoms with van der Waals surface area (Å²) in [6.45, 7) is 1.16. The molecule has 4 rings (SSSR count). The number of aromatic amines is 1. The van der Waals surface area contributed by atoms with Crippen LogP contribution in [-0.2, 0) is 11.2 Å². The van der Waals surface area contributed by atoms with E-state index in [1.165, 1.54) is 10.9 Å². The summed E-state index contributed by atoms with van der Waals surface area (Å²) in [5.74, 6) is 0.879. The Morgan fingerprint density at radius 1 is 1.03 bits per heavy atom. The number of H-pyrrole nitrogens is 1. The van der Waals surface area contributed by atoms with Crippen molar-refractivity contribution >= 4 is 27.7 Å². The van der Waals surface area contributed by atoms with Crippen molar-refractivity contribution in [3.05, 3.63) is 72.6 Å². The second kappa shape index (κ2) is 9.24. The quantitative estimate of drug-likeness (QED) is 0.412. The van der Waals surface area contributed by atoms with Crippen molar-refractivity contribution in [3.63, 3.8) is 0 Å². The maximum atomic E-state index is 12.1. The number of fused-ring (bicyclic) bond motifs is 2. The first kappa shape index (κ1) is 19.0. The van der Waals surface area contributed by atoms with Crippen LogP contribution in [0.4, 0.5) is 0 Å². The molecular weight excluding hydrogens is 362 g/mol. The number of nitrogens with zero attached hydrogens (tertiary/aromatic N) is 1. The van der Waals surface area contributed by atoms with Gasteiger partial charge in [0.1, 0.15) is 11.3 Å². The second-order valence-corrected chi connectivity index (χ2v) is 7.10. The number of amides is 1. The Bertz CT molecular complexity index is 1100. The molecule has 4 aromatic rings. The van der Waals surface area contributed by atoms with Crippen LogP contribution in [0.1, 0.15) is 24.8 Å². The van der Waals surface area contributed by atoms with Crippen LogP contribution in [0.25, 0.3) is 21.8 Å². The number of hydrogen-bond acceptors (Lipinski definition) is 3. The normalized spacial score (nSPS) is 11.0. The summed E-state index contributed by atoms with van der Waals surface area (Å²) in [7, 11) is 0. The number of carbonyl (C=O) groups excluding carboxylic acids is 1. The molecule has 2 N–H and O–H groups in total. The van der Waals surface area contributed by atoms with E-state index in [1.54, 1.807) is 6.20 Å². The minimum atomic E-state index is 0.0941. The largest absolute Gasteiger partial charge is 0.491 e. The van der Waals surface area contributed by atoms with Gasteiger partial charge in [-0.2, -0.15) is 0 Å². The van der Waals surface area contributed by atoms with Gasteiger partial charge in [-0.05, 0) is 43.0 Å². The van der Waals surface area contributed by atoms with Gasteiger partial charge in [0.05, 0.1) is 6.61 Å². The highest BCUT2D eigenvalue weighted by molar-refractivity contribution is 5.84. The fourth-order valence-electron chi connectivity index (χ4n) is 3.54. The highest BCUT2D eigenvalue weighted by Crippen LogP contribution is 2.23. The summed E-state index contributed by atoms with van der Waals surface area (Å²) in [6.07, 6.45) is 6.85. The molecule has 0 saturated carbocycles. The predicted octanol–water partition coefficient (Wildman–Crippen LogP) is 4.62. The number of pyridine rings is 1. The van der Waals surface area contributed by atoms with Crippen molar-refractivity contribution in [2.24, 2.45) is 0 Å². The lowest BCUT2D eigenvalue weighted by Gasteiger charge is -2.09. The molecule has 2 aromatic carbocycles. The van der Waals surface area contributed by atoms with Crippen molar-refractivity contribution < 1.29 is 9.53 Å². The average molecular weight is 387 g/mol. The predicted molar refractivity (Wildman–Crippen MR) is 116 cm³/mol. The van der Waals surface area contributed by atoms with Gasteiger partial charge in [0, 0.05) is 41.6 Å².